The van der Waals surface area contributed by atoms with E-state index in [-0.39, 0.29) is 16.8 Å². The summed E-state index contributed by atoms with van der Waals surface area (Å²) in [4.78, 5) is 11.4. The van der Waals surface area contributed by atoms with Gasteiger partial charge in [0.1, 0.15) is 5.69 Å². The molecule has 0 bridgehead atoms. The lowest BCUT2D eigenvalue weighted by molar-refractivity contribution is 0.147. The molecule has 1 fully saturated rings. The van der Waals surface area contributed by atoms with Crippen LogP contribution in [0.15, 0.2) is 15.3 Å². The van der Waals surface area contributed by atoms with Crippen LogP contribution in [0.25, 0.3) is 11.1 Å². The Morgan fingerprint density at radius 1 is 1.47 bits per heavy atom. The Morgan fingerprint density at radius 2 is 2.26 bits per heavy atom. The van der Waals surface area contributed by atoms with Gasteiger partial charge in [0.2, 0.25) is 5.71 Å². The third-order valence-corrected chi connectivity index (χ3v) is 3.55. The second kappa shape index (κ2) is 4.75. The summed E-state index contributed by atoms with van der Waals surface area (Å²) in [6.07, 6.45) is 2.47. The molecule has 0 atom stereocenters. The SMILES string of the molecule is O=c1cc(CCCC2CC2)c2c(C(F)F)[nH]nc2o1. The highest BCUT2D eigenvalue weighted by Gasteiger charge is 2.22. The number of hydrogen-bond acceptors (Lipinski definition) is 3. The molecule has 0 unspecified atom stereocenters. The standard InChI is InChI=1S/C13H14F2N2O2/c14-12(15)11-10-8(3-1-2-7-4-5-7)6-9(18)19-13(10)17-16-11/h6-7,12H,1-5H2,(H,16,17). The van der Waals surface area contributed by atoms with E-state index in [9.17, 15) is 13.6 Å². The number of fused-ring (bicyclic) bond motifs is 1. The maximum Gasteiger partial charge on any atom is 0.337 e. The zero-order valence-corrected chi connectivity index (χ0v) is 10.3. The Morgan fingerprint density at radius 3 is 2.95 bits per heavy atom. The molecule has 1 aliphatic carbocycles. The molecular weight excluding hydrogens is 254 g/mol. The van der Waals surface area contributed by atoms with Crippen molar-refractivity contribution in [2.75, 3.05) is 0 Å². The lowest BCUT2D eigenvalue weighted by atomic mass is 10.0. The molecule has 1 N–H and O–H groups in total. The van der Waals surface area contributed by atoms with Gasteiger partial charge in [0.15, 0.2) is 0 Å². The molecule has 2 aromatic rings. The summed E-state index contributed by atoms with van der Waals surface area (Å²) >= 11 is 0. The predicted octanol–water partition coefficient (Wildman–Crippen LogP) is 3.19. The van der Waals surface area contributed by atoms with E-state index in [0.717, 1.165) is 18.8 Å². The van der Waals surface area contributed by atoms with Crippen molar-refractivity contribution in [2.45, 2.75) is 38.5 Å². The van der Waals surface area contributed by atoms with E-state index < -0.39 is 12.1 Å². The summed E-state index contributed by atoms with van der Waals surface area (Å²) in [7, 11) is 0. The van der Waals surface area contributed by atoms with Crippen molar-refractivity contribution in [3.05, 3.63) is 27.7 Å². The maximum absolute atomic E-state index is 12.9. The molecule has 2 aromatic heterocycles. The van der Waals surface area contributed by atoms with Crippen molar-refractivity contribution >= 4 is 11.1 Å². The highest BCUT2D eigenvalue weighted by Crippen LogP contribution is 2.34. The van der Waals surface area contributed by atoms with Gasteiger partial charge < -0.3 is 4.42 Å². The van der Waals surface area contributed by atoms with Crippen molar-refractivity contribution in [3.8, 4) is 0 Å². The fourth-order valence-electron chi connectivity index (χ4n) is 2.40. The lowest BCUT2D eigenvalue weighted by Crippen LogP contribution is -2.01. The van der Waals surface area contributed by atoms with Gasteiger partial charge in [0.25, 0.3) is 6.43 Å². The molecule has 4 nitrogen and oxygen atoms in total. The van der Waals surface area contributed by atoms with Crippen LogP contribution in [0.2, 0.25) is 0 Å². The Labute approximate surface area is 107 Å². The van der Waals surface area contributed by atoms with Crippen LogP contribution in [0.4, 0.5) is 8.78 Å². The second-order valence-corrected chi connectivity index (χ2v) is 5.04. The smallest absolute Gasteiger partial charge is 0.337 e. The van der Waals surface area contributed by atoms with Gasteiger partial charge >= 0.3 is 5.63 Å². The molecule has 0 spiro atoms. The van der Waals surface area contributed by atoms with Crippen LogP contribution in [0, 0.1) is 5.92 Å². The van der Waals surface area contributed by atoms with Crippen LogP contribution in [0.1, 0.15) is 43.4 Å². The van der Waals surface area contributed by atoms with Crippen LogP contribution in [0.5, 0.6) is 0 Å². The molecule has 0 saturated heterocycles. The van der Waals surface area contributed by atoms with E-state index in [1.807, 2.05) is 0 Å². The first-order valence-corrected chi connectivity index (χ1v) is 6.44. The fourth-order valence-corrected chi connectivity index (χ4v) is 2.40. The third kappa shape index (κ3) is 2.52. The zero-order chi connectivity index (χ0) is 13.4. The molecule has 102 valence electrons. The van der Waals surface area contributed by atoms with Crippen molar-refractivity contribution < 1.29 is 13.2 Å². The van der Waals surface area contributed by atoms with Gasteiger partial charge in [-0.3, -0.25) is 5.10 Å². The molecule has 0 radical (unpaired) electrons. The number of nitrogens with zero attached hydrogens (tertiary/aromatic N) is 1. The zero-order valence-electron chi connectivity index (χ0n) is 10.3. The van der Waals surface area contributed by atoms with Crippen LogP contribution in [0.3, 0.4) is 0 Å². The number of alkyl halides is 2. The van der Waals surface area contributed by atoms with Crippen LogP contribution in [-0.4, -0.2) is 10.2 Å². The summed E-state index contributed by atoms with van der Waals surface area (Å²) < 4.78 is 30.6. The highest BCUT2D eigenvalue weighted by molar-refractivity contribution is 5.80. The number of H-pyrrole nitrogens is 1. The average Bonchev–Trinajstić information content (AvgIpc) is 3.06. The Balaban J connectivity index is 1.94. The van der Waals surface area contributed by atoms with E-state index in [1.54, 1.807) is 0 Å². The van der Waals surface area contributed by atoms with Gasteiger partial charge in [-0.15, -0.1) is 5.10 Å². The van der Waals surface area contributed by atoms with Crippen LogP contribution >= 0.6 is 0 Å². The van der Waals surface area contributed by atoms with Crippen LogP contribution in [-0.2, 0) is 6.42 Å². The summed E-state index contributed by atoms with van der Waals surface area (Å²) in [5.41, 5.74) is -0.221. The third-order valence-electron chi connectivity index (χ3n) is 3.55. The Hall–Kier alpha value is -1.72. The summed E-state index contributed by atoms with van der Waals surface area (Å²) in [6.45, 7) is 0. The van der Waals surface area contributed by atoms with E-state index in [2.05, 4.69) is 10.2 Å². The van der Waals surface area contributed by atoms with E-state index in [0.29, 0.717) is 12.0 Å². The Bertz CT molecular complexity index is 644. The molecule has 0 aliphatic heterocycles. The monoisotopic (exact) mass is 268 g/mol. The normalized spacial score (nSPS) is 15.5. The van der Waals surface area contributed by atoms with E-state index in [1.165, 1.54) is 18.9 Å². The van der Waals surface area contributed by atoms with Gasteiger partial charge in [0, 0.05) is 6.07 Å². The van der Waals surface area contributed by atoms with Gasteiger partial charge in [-0.1, -0.05) is 19.3 Å². The lowest BCUT2D eigenvalue weighted by Gasteiger charge is -2.03. The number of hydrogen-bond donors (Lipinski definition) is 1. The molecule has 1 saturated carbocycles. The molecule has 19 heavy (non-hydrogen) atoms. The van der Waals surface area contributed by atoms with Gasteiger partial charge in [-0.05, 0) is 24.3 Å². The van der Waals surface area contributed by atoms with Crippen molar-refractivity contribution in [1.82, 2.24) is 10.2 Å². The Kier molecular flexibility index (Phi) is 3.08. The fraction of sp³-hybridized carbons (Fsp3) is 0.538. The summed E-state index contributed by atoms with van der Waals surface area (Å²) in [5.74, 6) is 0.787. The number of nitrogens with one attached hydrogen (secondary N) is 1. The first-order chi connectivity index (χ1) is 9.15. The summed E-state index contributed by atoms with van der Waals surface area (Å²) in [6, 6.07) is 1.30. The molecule has 0 amide bonds. The van der Waals surface area contributed by atoms with Crippen molar-refractivity contribution in [1.29, 1.82) is 0 Å². The quantitative estimate of drug-likeness (QED) is 0.906. The number of aromatic nitrogens is 2. The highest BCUT2D eigenvalue weighted by atomic mass is 19.3. The summed E-state index contributed by atoms with van der Waals surface area (Å²) in [5, 5.41) is 6.17. The minimum Gasteiger partial charge on any atom is -0.402 e. The largest absolute Gasteiger partial charge is 0.402 e. The predicted molar refractivity (Wildman–Crippen MR) is 65.2 cm³/mol. The maximum atomic E-state index is 12.9. The average molecular weight is 268 g/mol. The topological polar surface area (TPSA) is 58.9 Å². The first-order valence-electron chi connectivity index (χ1n) is 6.44. The van der Waals surface area contributed by atoms with Crippen molar-refractivity contribution in [2.24, 2.45) is 5.92 Å². The molecule has 3 rings (SSSR count). The van der Waals surface area contributed by atoms with Gasteiger partial charge in [-0.25, -0.2) is 13.6 Å². The van der Waals surface area contributed by atoms with E-state index >= 15 is 0 Å². The minimum absolute atomic E-state index is 0.0239. The van der Waals surface area contributed by atoms with Gasteiger partial charge in [-0.2, -0.15) is 0 Å². The minimum atomic E-state index is -2.65. The number of halogens is 2. The van der Waals surface area contributed by atoms with E-state index in [4.69, 9.17) is 4.42 Å². The first kappa shape index (κ1) is 12.3. The van der Waals surface area contributed by atoms with Gasteiger partial charge in [0.05, 0.1) is 5.39 Å². The van der Waals surface area contributed by atoms with Crippen LogP contribution < -0.4 is 5.63 Å². The number of aryl methyl sites for hydroxylation is 1. The number of rotatable bonds is 5. The molecule has 0 aromatic carbocycles. The molecular formula is C13H14F2N2O2. The molecule has 2 heterocycles. The number of aromatic amines is 1. The second-order valence-electron chi connectivity index (χ2n) is 5.04. The van der Waals surface area contributed by atoms with Crippen molar-refractivity contribution in [3.63, 3.8) is 0 Å². The molecule has 6 heteroatoms. The molecule has 1 aliphatic rings.